The van der Waals surface area contributed by atoms with Gasteiger partial charge < -0.3 is 10.1 Å². The monoisotopic (exact) mass is 397 g/mol. The molecular weight excluding hydrogens is 386 g/mol. The number of halogens is 2. The number of benzene rings is 2. The first-order valence-corrected chi connectivity index (χ1v) is 7.51. The number of ether oxygens (including phenoxy) is 1. The zero-order valence-electron chi connectivity index (χ0n) is 11.0. The van der Waals surface area contributed by atoms with Crippen LogP contribution >= 0.6 is 31.9 Å². The van der Waals surface area contributed by atoms with E-state index in [-0.39, 0.29) is 5.91 Å². The average Bonchev–Trinajstić information content (AvgIpc) is 2.43. The number of carbonyl (C=O) groups excluding carboxylic acids is 1. The minimum Gasteiger partial charge on any atom is -0.497 e. The SMILES string of the molecule is COc1ccc(Br)c(NC(=O)c2cc(C)ccc2Br)c1. The Morgan fingerprint density at radius 3 is 2.50 bits per heavy atom. The molecule has 5 heteroatoms. The van der Waals surface area contributed by atoms with Crippen LogP contribution in [0, 0.1) is 6.92 Å². The molecule has 104 valence electrons. The van der Waals surface area contributed by atoms with Crippen LogP contribution in [0.4, 0.5) is 5.69 Å². The fourth-order valence-electron chi connectivity index (χ4n) is 1.73. The highest BCUT2D eigenvalue weighted by Gasteiger charge is 2.12. The van der Waals surface area contributed by atoms with Crippen LogP contribution in [0.25, 0.3) is 0 Å². The van der Waals surface area contributed by atoms with E-state index in [1.807, 2.05) is 37.3 Å². The minimum absolute atomic E-state index is 0.172. The second-order valence-corrected chi connectivity index (χ2v) is 5.99. The second kappa shape index (κ2) is 6.41. The Morgan fingerprint density at radius 1 is 1.10 bits per heavy atom. The molecule has 0 atom stereocenters. The van der Waals surface area contributed by atoms with Crippen molar-refractivity contribution in [2.24, 2.45) is 0 Å². The van der Waals surface area contributed by atoms with Crippen LogP contribution in [-0.4, -0.2) is 13.0 Å². The summed E-state index contributed by atoms with van der Waals surface area (Å²) in [6.07, 6.45) is 0. The smallest absolute Gasteiger partial charge is 0.256 e. The van der Waals surface area contributed by atoms with Gasteiger partial charge in [0.2, 0.25) is 0 Å². The zero-order valence-corrected chi connectivity index (χ0v) is 14.2. The standard InChI is InChI=1S/C15H13Br2NO2/c1-9-3-5-12(16)11(7-9)15(19)18-14-8-10(20-2)4-6-13(14)17/h3-8H,1-2H3,(H,18,19). The summed E-state index contributed by atoms with van der Waals surface area (Å²) in [6.45, 7) is 1.95. The lowest BCUT2D eigenvalue weighted by molar-refractivity contribution is 0.102. The Bertz CT molecular complexity index is 656. The van der Waals surface area contributed by atoms with Crippen molar-refractivity contribution >= 4 is 43.5 Å². The van der Waals surface area contributed by atoms with Crippen molar-refractivity contribution in [1.29, 1.82) is 0 Å². The highest BCUT2D eigenvalue weighted by molar-refractivity contribution is 9.11. The van der Waals surface area contributed by atoms with Crippen molar-refractivity contribution in [2.75, 3.05) is 12.4 Å². The van der Waals surface area contributed by atoms with Crippen LogP contribution in [0.2, 0.25) is 0 Å². The van der Waals surface area contributed by atoms with Crippen molar-refractivity contribution in [3.8, 4) is 5.75 Å². The topological polar surface area (TPSA) is 38.3 Å². The van der Waals surface area contributed by atoms with Crippen molar-refractivity contribution in [3.63, 3.8) is 0 Å². The van der Waals surface area contributed by atoms with E-state index in [1.165, 1.54) is 0 Å². The van der Waals surface area contributed by atoms with Crippen LogP contribution in [-0.2, 0) is 0 Å². The molecule has 0 aliphatic heterocycles. The molecule has 0 radical (unpaired) electrons. The summed E-state index contributed by atoms with van der Waals surface area (Å²) in [5.41, 5.74) is 2.30. The molecule has 0 bridgehead atoms. The number of rotatable bonds is 3. The van der Waals surface area contributed by atoms with E-state index >= 15 is 0 Å². The summed E-state index contributed by atoms with van der Waals surface area (Å²) in [7, 11) is 1.59. The van der Waals surface area contributed by atoms with Gasteiger partial charge in [0.15, 0.2) is 0 Å². The number of aryl methyl sites for hydroxylation is 1. The van der Waals surface area contributed by atoms with Gasteiger partial charge in [-0.15, -0.1) is 0 Å². The third-order valence-electron chi connectivity index (χ3n) is 2.79. The number of methoxy groups -OCH3 is 1. The van der Waals surface area contributed by atoms with Crippen molar-refractivity contribution in [3.05, 3.63) is 56.5 Å². The Balaban J connectivity index is 2.30. The van der Waals surface area contributed by atoms with Crippen LogP contribution in [0.5, 0.6) is 5.75 Å². The molecule has 20 heavy (non-hydrogen) atoms. The molecule has 0 spiro atoms. The molecule has 0 saturated heterocycles. The normalized spacial score (nSPS) is 10.2. The van der Waals surface area contributed by atoms with E-state index in [1.54, 1.807) is 13.2 Å². The lowest BCUT2D eigenvalue weighted by atomic mass is 10.1. The quantitative estimate of drug-likeness (QED) is 0.807. The Hall–Kier alpha value is -1.33. The molecule has 2 rings (SSSR count). The number of anilines is 1. The summed E-state index contributed by atoms with van der Waals surface area (Å²) in [5.74, 6) is 0.515. The van der Waals surface area contributed by atoms with Crippen molar-refractivity contribution in [1.82, 2.24) is 0 Å². The van der Waals surface area contributed by atoms with Crippen molar-refractivity contribution in [2.45, 2.75) is 6.92 Å². The summed E-state index contributed by atoms with van der Waals surface area (Å²) in [6, 6.07) is 11.1. The van der Waals surface area contributed by atoms with Gasteiger partial charge >= 0.3 is 0 Å². The molecule has 0 aliphatic carbocycles. The van der Waals surface area contributed by atoms with E-state index in [4.69, 9.17) is 4.74 Å². The molecule has 0 aliphatic rings. The van der Waals surface area contributed by atoms with Gasteiger partial charge in [-0.3, -0.25) is 4.79 Å². The maximum Gasteiger partial charge on any atom is 0.256 e. The van der Waals surface area contributed by atoms with Gasteiger partial charge in [0.1, 0.15) is 5.75 Å². The van der Waals surface area contributed by atoms with E-state index in [9.17, 15) is 4.79 Å². The van der Waals surface area contributed by atoms with Gasteiger partial charge in [-0.25, -0.2) is 0 Å². The molecule has 1 N–H and O–H groups in total. The van der Waals surface area contributed by atoms with Crippen LogP contribution < -0.4 is 10.1 Å². The predicted molar refractivity (Wildman–Crippen MR) is 87.5 cm³/mol. The molecule has 0 unspecified atom stereocenters. The van der Waals surface area contributed by atoms with Crippen LogP contribution in [0.1, 0.15) is 15.9 Å². The maximum atomic E-state index is 12.3. The highest BCUT2D eigenvalue weighted by atomic mass is 79.9. The Labute approximate surface area is 134 Å². The van der Waals surface area contributed by atoms with Gasteiger partial charge in [-0.05, 0) is 63.0 Å². The predicted octanol–water partition coefficient (Wildman–Crippen LogP) is 4.78. The van der Waals surface area contributed by atoms with Gasteiger partial charge in [-0.1, -0.05) is 11.6 Å². The van der Waals surface area contributed by atoms with E-state index in [0.29, 0.717) is 17.0 Å². The Kier molecular flexibility index (Phi) is 4.83. The summed E-state index contributed by atoms with van der Waals surface area (Å²) in [4.78, 5) is 12.3. The van der Waals surface area contributed by atoms with Gasteiger partial charge in [-0.2, -0.15) is 0 Å². The molecule has 2 aromatic rings. The zero-order chi connectivity index (χ0) is 14.7. The number of amides is 1. The third kappa shape index (κ3) is 3.41. The van der Waals surface area contributed by atoms with E-state index < -0.39 is 0 Å². The molecular formula is C15H13Br2NO2. The van der Waals surface area contributed by atoms with E-state index in [2.05, 4.69) is 37.2 Å². The fraction of sp³-hybridized carbons (Fsp3) is 0.133. The summed E-state index contributed by atoms with van der Waals surface area (Å²) in [5, 5.41) is 2.87. The third-order valence-corrected chi connectivity index (χ3v) is 4.17. The summed E-state index contributed by atoms with van der Waals surface area (Å²) >= 11 is 6.81. The van der Waals surface area contributed by atoms with E-state index in [0.717, 1.165) is 14.5 Å². The largest absolute Gasteiger partial charge is 0.497 e. The van der Waals surface area contributed by atoms with Gasteiger partial charge in [0.25, 0.3) is 5.91 Å². The first-order chi connectivity index (χ1) is 9.51. The molecule has 3 nitrogen and oxygen atoms in total. The van der Waals surface area contributed by atoms with Crippen molar-refractivity contribution < 1.29 is 9.53 Å². The van der Waals surface area contributed by atoms with Crippen LogP contribution in [0.15, 0.2) is 45.3 Å². The number of hydrogen-bond donors (Lipinski definition) is 1. The molecule has 0 fully saturated rings. The average molecular weight is 399 g/mol. The highest BCUT2D eigenvalue weighted by Crippen LogP contribution is 2.28. The molecule has 0 saturated carbocycles. The lowest BCUT2D eigenvalue weighted by Crippen LogP contribution is -2.13. The first kappa shape index (κ1) is 15.1. The number of carbonyl (C=O) groups is 1. The van der Waals surface area contributed by atoms with Crippen LogP contribution in [0.3, 0.4) is 0 Å². The van der Waals surface area contributed by atoms with Gasteiger partial charge in [0.05, 0.1) is 18.4 Å². The molecule has 0 heterocycles. The minimum atomic E-state index is -0.172. The fourth-order valence-corrected chi connectivity index (χ4v) is 2.50. The summed E-state index contributed by atoms with van der Waals surface area (Å²) < 4.78 is 6.72. The molecule has 2 aromatic carbocycles. The maximum absolute atomic E-state index is 12.3. The molecule has 1 amide bonds. The molecule has 0 aromatic heterocycles. The van der Waals surface area contributed by atoms with Gasteiger partial charge in [0, 0.05) is 15.0 Å². The Morgan fingerprint density at radius 2 is 1.80 bits per heavy atom. The lowest BCUT2D eigenvalue weighted by Gasteiger charge is -2.10. The number of hydrogen-bond acceptors (Lipinski definition) is 2. The second-order valence-electron chi connectivity index (χ2n) is 4.28. The number of nitrogens with one attached hydrogen (secondary N) is 1. The first-order valence-electron chi connectivity index (χ1n) is 5.92.